The highest BCUT2D eigenvalue weighted by Crippen LogP contribution is 2.23. The Balaban J connectivity index is 0.00000176. The van der Waals surface area contributed by atoms with E-state index in [0.29, 0.717) is 18.9 Å². The van der Waals surface area contributed by atoms with Gasteiger partial charge < -0.3 is 15.2 Å². The Morgan fingerprint density at radius 1 is 1.23 bits per heavy atom. The van der Waals surface area contributed by atoms with E-state index >= 15 is 0 Å². The lowest BCUT2D eigenvalue weighted by atomic mass is 10.1. The fourth-order valence-electron chi connectivity index (χ4n) is 2.50. The summed E-state index contributed by atoms with van der Waals surface area (Å²) in [5.41, 5.74) is 2.52. The molecule has 0 unspecified atom stereocenters. The highest BCUT2D eigenvalue weighted by atomic mass is 35.5. The number of hydrogen-bond donors (Lipinski definition) is 2. The van der Waals surface area contributed by atoms with Crippen LogP contribution in [0.3, 0.4) is 0 Å². The molecule has 5 heteroatoms. The van der Waals surface area contributed by atoms with Gasteiger partial charge in [0.15, 0.2) is 0 Å². The van der Waals surface area contributed by atoms with E-state index in [1.807, 2.05) is 24.3 Å². The van der Waals surface area contributed by atoms with Crippen LogP contribution in [0.15, 0.2) is 48.5 Å². The zero-order valence-corrected chi connectivity index (χ0v) is 12.8. The Morgan fingerprint density at radius 2 is 2.00 bits per heavy atom. The second kappa shape index (κ2) is 7.29. The zero-order chi connectivity index (χ0) is 14.7. The molecule has 0 spiro atoms. The predicted octanol–water partition coefficient (Wildman–Crippen LogP) is 2.90. The van der Waals surface area contributed by atoms with Crippen LogP contribution in [0.5, 0.6) is 5.75 Å². The third-order valence-corrected chi connectivity index (χ3v) is 3.66. The largest absolute Gasteiger partial charge is 0.492 e. The van der Waals surface area contributed by atoms with Crippen molar-refractivity contribution in [3.63, 3.8) is 0 Å². The highest BCUT2D eigenvalue weighted by Gasteiger charge is 2.18. The summed E-state index contributed by atoms with van der Waals surface area (Å²) in [6, 6.07) is 15.5. The van der Waals surface area contributed by atoms with Gasteiger partial charge in [-0.3, -0.25) is 0 Å². The van der Waals surface area contributed by atoms with Crippen molar-refractivity contribution in [3.8, 4) is 5.75 Å². The van der Waals surface area contributed by atoms with Gasteiger partial charge in [0, 0.05) is 18.2 Å². The second-order valence-corrected chi connectivity index (χ2v) is 5.21. The molecule has 1 aliphatic rings. The van der Waals surface area contributed by atoms with E-state index in [1.54, 1.807) is 12.1 Å². The molecule has 0 saturated carbocycles. The average Bonchev–Trinajstić information content (AvgIpc) is 2.70. The van der Waals surface area contributed by atoms with Gasteiger partial charge in [-0.15, -0.1) is 12.4 Å². The number of halogens is 1. The molecule has 3 rings (SSSR count). The molecule has 0 fully saturated rings. The molecule has 4 nitrogen and oxygen atoms in total. The fraction of sp³-hybridized carbons (Fsp3) is 0.235. The molecular formula is C17H18ClNO3. The van der Waals surface area contributed by atoms with E-state index in [1.165, 1.54) is 5.56 Å². The third-order valence-electron chi connectivity index (χ3n) is 3.66. The quantitative estimate of drug-likeness (QED) is 0.913. The van der Waals surface area contributed by atoms with Crippen molar-refractivity contribution in [1.29, 1.82) is 0 Å². The van der Waals surface area contributed by atoms with Crippen molar-refractivity contribution in [2.24, 2.45) is 0 Å². The van der Waals surface area contributed by atoms with Crippen molar-refractivity contribution in [1.82, 2.24) is 5.32 Å². The van der Waals surface area contributed by atoms with Gasteiger partial charge in [-0.25, -0.2) is 4.79 Å². The Labute approximate surface area is 135 Å². The van der Waals surface area contributed by atoms with Gasteiger partial charge in [0.1, 0.15) is 12.4 Å². The maximum absolute atomic E-state index is 11.0. The Kier molecular flexibility index (Phi) is 5.41. The number of aromatic carboxylic acids is 1. The molecule has 0 bridgehead atoms. The van der Waals surface area contributed by atoms with Crippen molar-refractivity contribution in [2.75, 3.05) is 6.61 Å². The Bertz CT molecular complexity index is 646. The molecule has 0 aliphatic carbocycles. The Morgan fingerprint density at radius 3 is 2.73 bits per heavy atom. The first-order chi connectivity index (χ1) is 10.2. The van der Waals surface area contributed by atoms with Crippen LogP contribution in [0.2, 0.25) is 0 Å². The summed E-state index contributed by atoms with van der Waals surface area (Å²) in [4.78, 5) is 11.0. The lowest BCUT2D eigenvalue weighted by Crippen LogP contribution is -2.34. The number of hydrogen-bond acceptors (Lipinski definition) is 3. The molecule has 0 amide bonds. The summed E-state index contributed by atoms with van der Waals surface area (Å²) in [6.45, 7) is 1.22. The maximum Gasteiger partial charge on any atom is 0.335 e. The molecule has 22 heavy (non-hydrogen) atoms. The zero-order valence-electron chi connectivity index (χ0n) is 12.0. The van der Waals surface area contributed by atoms with Crippen molar-refractivity contribution < 1.29 is 14.6 Å². The summed E-state index contributed by atoms with van der Waals surface area (Å²) in [7, 11) is 0. The minimum Gasteiger partial charge on any atom is -0.492 e. The molecule has 2 aromatic rings. The van der Waals surface area contributed by atoms with E-state index in [9.17, 15) is 4.79 Å². The van der Waals surface area contributed by atoms with Gasteiger partial charge in [0.25, 0.3) is 0 Å². The first kappa shape index (κ1) is 16.3. The lowest BCUT2D eigenvalue weighted by molar-refractivity contribution is 0.0696. The molecule has 1 atom stereocenters. The number of rotatable bonds is 3. The van der Waals surface area contributed by atoms with E-state index in [0.717, 1.165) is 12.0 Å². The normalized spacial score (nSPS) is 16.6. The summed E-state index contributed by atoms with van der Waals surface area (Å²) in [5, 5.41) is 12.5. The van der Waals surface area contributed by atoms with Crippen LogP contribution in [0.4, 0.5) is 0 Å². The molecule has 0 saturated heterocycles. The van der Waals surface area contributed by atoms with Gasteiger partial charge in [-0.2, -0.15) is 0 Å². The summed E-state index contributed by atoms with van der Waals surface area (Å²) in [5.74, 6) is -0.266. The standard InChI is InChI=1S/C17H17NO3.ClH/c19-17(20)13-6-7-14-10-18-15(11-21-16(14)9-13)8-12-4-2-1-3-5-12;/h1-7,9,15,18H,8,10-11H2,(H,19,20);1H/t15-;/m0./s1. The average molecular weight is 320 g/mol. The topological polar surface area (TPSA) is 58.6 Å². The van der Waals surface area contributed by atoms with Crippen LogP contribution in [0.1, 0.15) is 21.5 Å². The molecule has 1 heterocycles. The highest BCUT2D eigenvalue weighted by molar-refractivity contribution is 5.88. The number of carboxylic acids is 1. The maximum atomic E-state index is 11.0. The number of benzene rings is 2. The molecule has 0 radical (unpaired) electrons. The van der Waals surface area contributed by atoms with E-state index in [-0.39, 0.29) is 24.0 Å². The van der Waals surface area contributed by atoms with Crippen molar-refractivity contribution in [2.45, 2.75) is 19.0 Å². The van der Waals surface area contributed by atoms with Crippen LogP contribution in [0, 0.1) is 0 Å². The minimum absolute atomic E-state index is 0. The first-order valence-corrected chi connectivity index (χ1v) is 6.99. The van der Waals surface area contributed by atoms with Crippen molar-refractivity contribution in [3.05, 3.63) is 65.2 Å². The number of nitrogens with one attached hydrogen (secondary N) is 1. The van der Waals surface area contributed by atoms with Gasteiger partial charge in [-0.05, 0) is 24.1 Å². The summed E-state index contributed by atoms with van der Waals surface area (Å²) in [6.07, 6.45) is 0.890. The monoisotopic (exact) mass is 319 g/mol. The Hall–Kier alpha value is -2.04. The van der Waals surface area contributed by atoms with E-state index in [4.69, 9.17) is 9.84 Å². The van der Waals surface area contributed by atoms with Gasteiger partial charge >= 0.3 is 5.97 Å². The van der Waals surface area contributed by atoms with Crippen LogP contribution in [-0.2, 0) is 13.0 Å². The van der Waals surface area contributed by atoms with Crippen LogP contribution in [-0.4, -0.2) is 23.7 Å². The fourth-order valence-corrected chi connectivity index (χ4v) is 2.50. The minimum atomic E-state index is -0.931. The predicted molar refractivity (Wildman–Crippen MR) is 86.9 cm³/mol. The third kappa shape index (κ3) is 3.78. The molecule has 116 valence electrons. The first-order valence-electron chi connectivity index (χ1n) is 6.99. The summed E-state index contributed by atoms with van der Waals surface area (Å²) < 4.78 is 5.80. The van der Waals surface area contributed by atoms with Crippen LogP contribution < -0.4 is 10.1 Å². The van der Waals surface area contributed by atoms with Gasteiger partial charge in [0.05, 0.1) is 5.56 Å². The molecule has 2 aromatic carbocycles. The van der Waals surface area contributed by atoms with Gasteiger partial charge in [-0.1, -0.05) is 36.4 Å². The van der Waals surface area contributed by atoms with Crippen LogP contribution in [0.25, 0.3) is 0 Å². The van der Waals surface area contributed by atoms with Gasteiger partial charge in [0.2, 0.25) is 0 Å². The number of fused-ring (bicyclic) bond motifs is 1. The number of ether oxygens (including phenoxy) is 1. The van der Waals surface area contributed by atoms with Crippen LogP contribution >= 0.6 is 12.4 Å². The summed E-state index contributed by atoms with van der Waals surface area (Å²) >= 11 is 0. The molecule has 2 N–H and O–H groups in total. The van der Waals surface area contributed by atoms with E-state index in [2.05, 4.69) is 17.4 Å². The van der Waals surface area contributed by atoms with Crippen molar-refractivity contribution >= 4 is 18.4 Å². The molecule has 0 aromatic heterocycles. The molecule has 1 aliphatic heterocycles. The SMILES string of the molecule is Cl.O=C(O)c1ccc2c(c1)OC[C@H](Cc1ccccc1)NC2. The number of carbonyl (C=O) groups is 1. The lowest BCUT2D eigenvalue weighted by Gasteiger charge is -2.15. The second-order valence-electron chi connectivity index (χ2n) is 5.21. The van der Waals surface area contributed by atoms with E-state index < -0.39 is 5.97 Å². The smallest absolute Gasteiger partial charge is 0.335 e. The molecular weight excluding hydrogens is 302 g/mol. The number of carboxylic acid groups (broad SMARTS) is 1.